The van der Waals surface area contributed by atoms with Crippen molar-refractivity contribution in [3.05, 3.63) is 35.9 Å². The van der Waals surface area contributed by atoms with Crippen LogP contribution in [0.15, 0.2) is 30.3 Å². The van der Waals surface area contributed by atoms with Gasteiger partial charge >= 0.3 is 0 Å². The van der Waals surface area contributed by atoms with Crippen LogP contribution in [0.5, 0.6) is 0 Å². The number of nitrogens with one attached hydrogen (secondary N) is 1. The Balaban J connectivity index is 1.69. The Morgan fingerprint density at radius 2 is 2.08 bits per heavy atom. The molecule has 1 nitrogen and oxygen atoms in total. The van der Waals surface area contributed by atoms with Crippen LogP contribution in [0.1, 0.15) is 12.0 Å². The van der Waals surface area contributed by atoms with E-state index in [4.69, 9.17) is 0 Å². The van der Waals surface area contributed by atoms with Crippen molar-refractivity contribution in [3.8, 4) is 0 Å². The van der Waals surface area contributed by atoms with Crippen molar-refractivity contribution in [2.75, 3.05) is 6.54 Å². The first kappa shape index (κ1) is 7.57. The maximum absolute atomic E-state index is 3.60. The van der Waals surface area contributed by atoms with Crippen molar-refractivity contribution >= 4 is 0 Å². The van der Waals surface area contributed by atoms with Gasteiger partial charge in [0.15, 0.2) is 0 Å². The van der Waals surface area contributed by atoms with Crippen LogP contribution in [0.2, 0.25) is 0 Å². The zero-order chi connectivity index (χ0) is 8.67. The molecule has 2 fully saturated rings. The number of hydrogen-bond donors (Lipinski definition) is 1. The number of benzene rings is 1. The van der Waals surface area contributed by atoms with Crippen molar-refractivity contribution in [2.24, 2.45) is 11.8 Å². The lowest BCUT2D eigenvalue weighted by Gasteiger charge is -2.12. The molecular weight excluding hydrogens is 158 g/mol. The minimum absolute atomic E-state index is 0.771. The van der Waals surface area contributed by atoms with E-state index in [2.05, 4.69) is 35.6 Å². The molecule has 3 atom stereocenters. The molecule has 1 aromatic rings. The van der Waals surface area contributed by atoms with Gasteiger partial charge in [-0.2, -0.15) is 0 Å². The van der Waals surface area contributed by atoms with E-state index < -0.39 is 0 Å². The normalized spacial score (nSPS) is 35.8. The molecule has 0 radical (unpaired) electrons. The molecule has 13 heavy (non-hydrogen) atoms. The molecule has 1 saturated carbocycles. The van der Waals surface area contributed by atoms with Gasteiger partial charge in [-0.05, 0) is 36.8 Å². The fraction of sp³-hybridized carbons (Fsp3) is 0.500. The molecule has 1 saturated heterocycles. The molecule has 1 aliphatic carbocycles. The van der Waals surface area contributed by atoms with E-state index in [1.807, 2.05) is 0 Å². The summed E-state index contributed by atoms with van der Waals surface area (Å²) in [7, 11) is 0. The first-order valence-corrected chi connectivity index (χ1v) is 5.21. The van der Waals surface area contributed by atoms with Crippen LogP contribution in [0, 0.1) is 11.8 Å². The van der Waals surface area contributed by atoms with Crippen LogP contribution in [0.4, 0.5) is 0 Å². The van der Waals surface area contributed by atoms with Crippen molar-refractivity contribution in [3.63, 3.8) is 0 Å². The molecular formula is C12H15N. The van der Waals surface area contributed by atoms with Gasteiger partial charge in [-0.25, -0.2) is 0 Å². The molecule has 1 N–H and O–H groups in total. The van der Waals surface area contributed by atoms with Crippen LogP contribution in [-0.4, -0.2) is 12.6 Å². The van der Waals surface area contributed by atoms with Gasteiger partial charge in [0, 0.05) is 6.04 Å². The molecule has 0 spiro atoms. The minimum Gasteiger partial charge on any atom is -0.313 e. The maximum Gasteiger partial charge on any atom is 0.0139 e. The summed E-state index contributed by atoms with van der Waals surface area (Å²) >= 11 is 0. The molecule has 1 unspecified atom stereocenters. The Bertz CT molecular complexity index is 293. The number of fused-ring (bicyclic) bond motifs is 1. The average Bonchev–Trinajstić information content (AvgIpc) is 2.86. The lowest BCUT2D eigenvalue weighted by molar-refractivity contribution is 0.531. The topological polar surface area (TPSA) is 12.0 Å². The second kappa shape index (κ2) is 2.85. The average molecular weight is 173 g/mol. The molecule has 0 amide bonds. The third-order valence-electron chi connectivity index (χ3n) is 3.43. The predicted molar refractivity (Wildman–Crippen MR) is 53.5 cm³/mol. The fourth-order valence-electron chi connectivity index (χ4n) is 2.54. The second-order valence-electron chi connectivity index (χ2n) is 4.36. The number of rotatable bonds is 2. The predicted octanol–water partition coefficient (Wildman–Crippen LogP) is 1.84. The third kappa shape index (κ3) is 1.37. The van der Waals surface area contributed by atoms with E-state index in [0.29, 0.717) is 0 Å². The summed E-state index contributed by atoms with van der Waals surface area (Å²) in [6.45, 7) is 1.27. The highest BCUT2D eigenvalue weighted by atomic mass is 15.0. The lowest BCUT2D eigenvalue weighted by Crippen LogP contribution is -2.28. The Hall–Kier alpha value is -0.820. The Morgan fingerprint density at radius 1 is 1.23 bits per heavy atom. The van der Waals surface area contributed by atoms with Gasteiger partial charge in [0.05, 0.1) is 0 Å². The quantitative estimate of drug-likeness (QED) is 0.719. The summed E-state index contributed by atoms with van der Waals surface area (Å²) in [5.74, 6) is 2.02. The molecule has 1 heteroatoms. The summed E-state index contributed by atoms with van der Waals surface area (Å²) < 4.78 is 0. The Labute approximate surface area is 79.2 Å². The summed E-state index contributed by atoms with van der Waals surface area (Å²) in [6.07, 6.45) is 2.70. The first-order valence-electron chi connectivity index (χ1n) is 5.21. The molecule has 2 aliphatic rings. The molecule has 1 heterocycles. The molecule has 0 bridgehead atoms. The van der Waals surface area contributed by atoms with E-state index in [1.54, 1.807) is 0 Å². The fourth-order valence-corrected chi connectivity index (χ4v) is 2.54. The van der Waals surface area contributed by atoms with Crippen LogP contribution >= 0.6 is 0 Å². The van der Waals surface area contributed by atoms with Crippen LogP contribution in [0.3, 0.4) is 0 Å². The third-order valence-corrected chi connectivity index (χ3v) is 3.43. The van der Waals surface area contributed by atoms with Crippen molar-refractivity contribution < 1.29 is 0 Å². The van der Waals surface area contributed by atoms with E-state index >= 15 is 0 Å². The Kier molecular flexibility index (Phi) is 1.66. The zero-order valence-electron chi connectivity index (χ0n) is 7.74. The van der Waals surface area contributed by atoms with Gasteiger partial charge in [-0.15, -0.1) is 0 Å². The highest BCUT2D eigenvalue weighted by molar-refractivity contribution is 5.18. The van der Waals surface area contributed by atoms with E-state index in [9.17, 15) is 0 Å². The standard InChI is InChI=1S/C12H15N/c1-2-4-9(5-3-1)6-12-11-7-10(11)8-13-12/h1-5,10-13H,6-8H2/t10-,11?,12-/m0/s1. The molecule has 1 aliphatic heterocycles. The van der Waals surface area contributed by atoms with Gasteiger partial charge in [-0.3, -0.25) is 0 Å². The number of hydrogen-bond acceptors (Lipinski definition) is 1. The van der Waals surface area contributed by atoms with Crippen LogP contribution in [-0.2, 0) is 6.42 Å². The smallest absolute Gasteiger partial charge is 0.0139 e. The maximum atomic E-state index is 3.60. The Morgan fingerprint density at radius 3 is 2.69 bits per heavy atom. The minimum atomic E-state index is 0.771. The van der Waals surface area contributed by atoms with E-state index in [-0.39, 0.29) is 0 Å². The molecule has 0 aromatic heterocycles. The van der Waals surface area contributed by atoms with Gasteiger partial charge in [0.2, 0.25) is 0 Å². The molecule has 68 valence electrons. The largest absolute Gasteiger partial charge is 0.313 e. The van der Waals surface area contributed by atoms with E-state index in [1.165, 1.54) is 24.9 Å². The zero-order valence-corrected chi connectivity index (χ0v) is 7.74. The molecule has 1 aromatic carbocycles. The van der Waals surface area contributed by atoms with Crippen LogP contribution < -0.4 is 5.32 Å². The lowest BCUT2D eigenvalue weighted by atomic mass is 10.0. The number of piperidine rings is 1. The summed E-state index contributed by atoms with van der Waals surface area (Å²) in [5.41, 5.74) is 1.48. The SMILES string of the molecule is c1ccc(C[C@@H]2NC[C@@H]3CC32)cc1. The van der Waals surface area contributed by atoms with Gasteiger partial charge < -0.3 is 5.32 Å². The first-order chi connectivity index (χ1) is 6.43. The van der Waals surface area contributed by atoms with E-state index in [0.717, 1.165) is 17.9 Å². The highest BCUT2D eigenvalue weighted by Gasteiger charge is 2.47. The summed E-state index contributed by atoms with van der Waals surface area (Å²) in [5, 5.41) is 3.60. The van der Waals surface area contributed by atoms with Crippen molar-refractivity contribution in [2.45, 2.75) is 18.9 Å². The van der Waals surface area contributed by atoms with Crippen molar-refractivity contribution in [1.29, 1.82) is 0 Å². The highest BCUT2D eigenvalue weighted by Crippen LogP contribution is 2.45. The monoisotopic (exact) mass is 173 g/mol. The second-order valence-corrected chi connectivity index (χ2v) is 4.36. The van der Waals surface area contributed by atoms with Gasteiger partial charge in [0.25, 0.3) is 0 Å². The van der Waals surface area contributed by atoms with Gasteiger partial charge in [0.1, 0.15) is 0 Å². The van der Waals surface area contributed by atoms with Gasteiger partial charge in [-0.1, -0.05) is 30.3 Å². The molecule has 3 rings (SSSR count). The van der Waals surface area contributed by atoms with Crippen LogP contribution in [0.25, 0.3) is 0 Å². The summed E-state index contributed by atoms with van der Waals surface area (Å²) in [6, 6.07) is 11.6. The summed E-state index contributed by atoms with van der Waals surface area (Å²) in [4.78, 5) is 0. The van der Waals surface area contributed by atoms with Crippen molar-refractivity contribution in [1.82, 2.24) is 5.32 Å².